The summed E-state index contributed by atoms with van der Waals surface area (Å²) in [5.41, 5.74) is 4.04. The van der Waals surface area contributed by atoms with Crippen molar-refractivity contribution in [1.29, 1.82) is 0 Å². The molecule has 0 saturated heterocycles. The van der Waals surface area contributed by atoms with Crippen LogP contribution in [0.3, 0.4) is 0 Å². The molecule has 0 saturated carbocycles. The summed E-state index contributed by atoms with van der Waals surface area (Å²) in [5.74, 6) is 5.26. The highest BCUT2D eigenvalue weighted by atomic mass is 15.1. The van der Waals surface area contributed by atoms with E-state index in [4.69, 9.17) is 12.8 Å². The zero-order chi connectivity index (χ0) is 14.3. The first-order valence-electron chi connectivity index (χ1n) is 6.36. The third-order valence-electron chi connectivity index (χ3n) is 2.84. The fourth-order valence-electron chi connectivity index (χ4n) is 1.76. The molecule has 2 nitrogen and oxygen atoms in total. The van der Waals surface area contributed by atoms with Crippen LogP contribution in [0.25, 0.3) is 0 Å². The van der Waals surface area contributed by atoms with E-state index < -0.39 is 0 Å². The van der Waals surface area contributed by atoms with E-state index >= 15 is 0 Å². The molecule has 0 heterocycles. The average Bonchev–Trinajstić information content (AvgIpc) is 2.39. The van der Waals surface area contributed by atoms with Crippen LogP contribution in [-0.4, -0.2) is 24.2 Å². The Kier molecular flexibility index (Phi) is 5.86. The fraction of sp³-hybridized carbons (Fsp3) is 0.353. The van der Waals surface area contributed by atoms with Crippen molar-refractivity contribution in [1.82, 2.24) is 4.90 Å². The van der Waals surface area contributed by atoms with Crippen LogP contribution in [-0.2, 0) is 6.54 Å². The van der Waals surface area contributed by atoms with Gasteiger partial charge in [-0.2, -0.15) is 0 Å². The van der Waals surface area contributed by atoms with Crippen molar-refractivity contribution in [3.8, 4) is 24.7 Å². The van der Waals surface area contributed by atoms with Crippen LogP contribution in [0.2, 0.25) is 0 Å². The third-order valence-corrected chi connectivity index (χ3v) is 2.84. The lowest BCUT2D eigenvalue weighted by molar-refractivity contribution is 0.369. The van der Waals surface area contributed by atoms with Gasteiger partial charge in [0.05, 0.1) is 17.9 Å². The van der Waals surface area contributed by atoms with Crippen molar-refractivity contribution in [3.63, 3.8) is 0 Å². The maximum Gasteiger partial charge on any atom is 0.0900 e. The van der Waals surface area contributed by atoms with E-state index in [-0.39, 0.29) is 0 Å². The first-order chi connectivity index (χ1) is 9.10. The molecule has 0 N–H and O–H groups in total. The monoisotopic (exact) mass is 252 g/mol. The number of aliphatic imine (C=N–C) groups is 1. The quantitative estimate of drug-likeness (QED) is 0.580. The Labute approximate surface area is 116 Å². The molecule has 0 amide bonds. The normalized spacial score (nSPS) is 11.2. The van der Waals surface area contributed by atoms with Crippen LogP contribution in [0.15, 0.2) is 23.2 Å². The Morgan fingerprint density at radius 2 is 2.11 bits per heavy atom. The number of aryl methyl sites for hydroxylation is 1. The fourth-order valence-corrected chi connectivity index (χ4v) is 1.76. The second-order valence-electron chi connectivity index (χ2n) is 4.55. The molecule has 0 atom stereocenters. The van der Waals surface area contributed by atoms with E-state index in [0.29, 0.717) is 6.54 Å². The van der Waals surface area contributed by atoms with Crippen molar-refractivity contribution < 1.29 is 0 Å². The van der Waals surface area contributed by atoms with Gasteiger partial charge in [0.1, 0.15) is 0 Å². The number of terminal acetylenes is 2. The lowest BCUT2D eigenvalue weighted by atomic mass is 10.1. The number of hydrogen-bond donors (Lipinski definition) is 0. The van der Waals surface area contributed by atoms with Gasteiger partial charge in [0.2, 0.25) is 0 Å². The predicted octanol–water partition coefficient (Wildman–Crippen LogP) is 3.18. The van der Waals surface area contributed by atoms with Crippen molar-refractivity contribution in [2.75, 3.05) is 13.6 Å². The van der Waals surface area contributed by atoms with Crippen molar-refractivity contribution in [3.05, 3.63) is 29.3 Å². The SMILES string of the molecule is C#CCN(C)Cc1ccc(C)c(N=C(C#C)CC)c1. The number of nitrogens with zero attached hydrogens (tertiary/aromatic N) is 2. The molecule has 1 aromatic carbocycles. The predicted molar refractivity (Wildman–Crippen MR) is 82.6 cm³/mol. The van der Waals surface area contributed by atoms with Crippen LogP contribution >= 0.6 is 0 Å². The molecule has 98 valence electrons. The standard InChI is InChI=1S/C17H20N2/c1-6-11-19(5)13-15-10-9-14(4)17(12-15)18-16(7-2)8-3/h1-2,9-10,12H,8,11,13H2,3-5H3. The molecule has 2 heteroatoms. The second-order valence-corrected chi connectivity index (χ2v) is 4.55. The Morgan fingerprint density at radius 1 is 1.37 bits per heavy atom. The summed E-state index contributed by atoms with van der Waals surface area (Å²) in [6.07, 6.45) is 11.5. The van der Waals surface area contributed by atoms with Crippen LogP contribution < -0.4 is 0 Å². The van der Waals surface area contributed by atoms with Crippen LogP contribution in [0.1, 0.15) is 24.5 Å². The summed E-state index contributed by atoms with van der Waals surface area (Å²) in [6, 6.07) is 6.25. The minimum Gasteiger partial charge on any atom is -0.291 e. The molecule has 0 bridgehead atoms. The summed E-state index contributed by atoms with van der Waals surface area (Å²) in [5, 5.41) is 0. The van der Waals surface area contributed by atoms with Gasteiger partial charge in [-0.25, -0.2) is 4.99 Å². The van der Waals surface area contributed by atoms with E-state index in [0.717, 1.165) is 29.9 Å². The Bertz CT molecular complexity index is 541. The zero-order valence-electron chi connectivity index (χ0n) is 11.9. The number of hydrogen-bond acceptors (Lipinski definition) is 2. The first-order valence-corrected chi connectivity index (χ1v) is 6.36. The van der Waals surface area contributed by atoms with E-state index in [9.17, 15) is 0 Å². The molecule has 0 unspecified atom stereocenters. The third kappa shape index (κ3) is 4.62. The highest BCUT2D eigenvalue weighted by Crippen LogP contribution is 2.21. The summed E-state index contributed by atoms with van der Waals surface area (Å²) >= 11 is 0. The summed E-state index contributed by atoms with van der Waals surface area (Å²) in [7, 11) is 2.00. The minimum absolute atomic E-state index is 0.636. The van der Waals surface area contributed by atoms with Gasteiger partial charge >= 0.3 is 0 Å². The van der Waals surface area contributed by atoms with Crippen molar-refractivity contribution in [2.45, 2.75) is 26.8 Å². The van der Waals surface area contributed by atoms with Crippen molar-refractivity contribution >= 4 is 11.4 Å². The van der Waals surface area contributed by atoms with Gasteiger partial charge in [-0.3, -0.25) is 4.90 Å². The highest BCUT2D eigenvalue weighted by molar-refractivity contribution is 6.01. The average molecular weight is 252 g/mol. The molecular weight excluding hydrogens is 232 g/mol. The van der Waals surface area contributed by atoms with Crippen LogP contribution in [0, 0.1) is 31.6 Å². The molecule has 1 aromatic rings. The topological polar surface area (TPSA) is 15.6 Å². The molecule has 0 aliphatic heterocycles. The Morgan fingerprint density at radius 3 is 2.68 bits per heavy atom. The van der Waals surface area contributed by atoms with Gasteiger partial charge in [0.25, 0.3) is 0 Å². The maximum atomic E-state index is 5.43. The first kappa shape index (κ1) is 15.0. The van der Waals surface area contributed by atoms with Crippen LogP contribution in [0.5, 0.6) is 0 Å². The van der Waals surface area contributed by atoms with E-state index in [1.54, 1.807) is 0 Å². The van der Waals surface area contributed by atoms with Gasteiger partial charge in [0, 0.05) is 6.54 Å². The molecule has 0 aliphatic carbocycles. The van der Waals surface area contributed by atoms with Gasteiger partial charge in [0.15, 0.2) is 0 Å². The van der Waals surface area contributed by atoms with Gasteiger partial charge in [-0.15, -0.1) is 12.8 Å². The van der Waals surface area contributed by atoms with E-state index in [1.165, 1.54) is 5.56 Å². The molecule has 0 spiro atoms. The van der Waals surface area contributed by atoms with Gasteiger partial charge in [-0.05, 0) is 37.6 Å². The Balaban J connectivity index is 2.99. The largest absolute Gasteiger partial charge is 0.291 e. The smallest absolute Gasteiger partial charge is 0.0900 e. The Hall–Kier alpha value is -2.03. The molecule has 0 aliphatic rings. The molecule has 0 fully saturated rings. The lowest BCUT2D eigenvalue weighted by Crippen LogP contribution is -2.17. The lowest BCUT2D eigenvalue weighted by Gasteiger charge is -2.14. The van der Waals surface area contributed by atoms with Crippen LogP contribution in [0.4, 0.5) is 5.69 Å². The molecule has 1 rings (SSSR count). The number of rotatable bonds is 5. The summed E-state index contributed by atoms with van der Waals surface area (Å²) in [4.78, 5) is 6.61. The molecular formula is C17H20N2. The van der Waals surface area contributed by atoms with E-state index in [2.05, 4.69) is 39.9 Å². The highest BCUT2D eigenvalue weighted by Gasteiger charge is 2.03. The van der Waals surface area contributed by atoms with Gasteiger partial charge < -0.3 is 0 Å². The van der Waals surface area contributed by atoms with E-state index in [1.807, 2.05) is 20.9 Å². The molecule has 19 heavy (non-hydrogen) atoms. The zero-order valence-corrected chi connectivity index (χ0v) is 11.9. The number of benzene rings is 1. The maximum absolute atomic E-state index is 5.43. The minimum atomic E-state index is 0.636. The second kappa shape index (κ2) is 7.41. The van der Waals surface area contributed by atoms with Crippen molar-refractivity contribution in [2.24, 2.45) is 4.99 Å². The summed E-state index contributed by atoms with van der Waals surface area (Å²) < 4.78 is 0. The molecule has 0 aromatic heterocycles. The van der Waals surface area contributed by atoms with Gasteiger partial charge in [-0.1, -0.05) is 30.9 Å². The molecule has 0 radical (unpaired) electrons. The summed E-state index contributed by atoms with van der Waals surface area (Å²) in [6.45, 7) is 5.50.